The number of nitrogens with one attached hydrogen (secondary N) is 1. The molecular formula is C10H15N3O. The fourth-order valence-corrected chi connectivity index (χ4v) is 1.20. The molecule has 0 radical (unpaired) electrons. The predicted octanol–water partition coefficient (Wildman–Crippen LogP) is 1.07. The molecule has 1 amide bonds. The van der Waals surface area contributed by atoms with Crippen molar-refractivity contribution in [2.75, 3.05) is 5.32 Å². The average molecular weight is 193 g/mol. The molecular weight excluding hydrogens is 178 g/mol. The van der Waals surface area contributed by atoms with Gasteiger partial charge in [0.25, 0.3) is 0 Å². The van der Waals surface area contributed by atoms with Crippen LogP contribution in [0.4, 0.5) is 5.69 Å². The molecule has 0 saturated heterocycles. The van der Waals surface area contributed by atoms with Gasteiger partial charge in [-0.3, -0.25) is 9.78 Å². The van der Waals surface area contributed by atoms with Crippen LogP contribution in [0, 0.1) is 6.92 Å². The number of nitrogens with zero attached hydrogens (tertiary/aromatic N) is 1. The second kappa shape index (κ2) is 4.60. The van der Waals surface area contributed by atoms with Gasteiger partial charge in [-0.1, -0.05) is 6.92 Å². The minimum absolute atomic E-state index is 0.309. The van der Waals surface area contributed by atoms with E-state index in [0.717, 1.165) is 11.3 Å². The lowest BCUT2D eigenvalue weighted by atomic mass is 10.2. The molecule has 0 aliphatic carbocycles. The molecule has 3 N–H and O–H groups in total. The maximum atomic E-state index is 11.0. The van der Waals surface area contributed by atoms with Crippen LogP contribution >= 0.6 is 0 Å². The number of hydrogen-bond donors (Lipinski definition) is 2. The van der Waals surface area contributed by atoms with Gasteiger partial charge in [0.1, 0.15) is 6.04 Å². The molecule has 1 rings (SSSR count). The second-order valence-electron chi connectivity index (χ2n) is 3.20. The number of amides is 1. The number of aryl methyl sites for hydroxylation is 1. The number of carbonyl (C=O) groups excluding carboxylic acids is 1. The normalized spacial score (nSPS) is 12.1. The highest BCUT2D eigenvalue weighted by Crippen LogP contribution is 2.13. The molecule has 0 spiro atoms. The molecule has 4 nitrogen and oxygen atoms in total. The Kier molecular flexibility index (Phi) is 3.45. The van der Waals surface area contributed by atoms with Gasteiger partial charge in [-0.15, -0.1) is 0 Å². The van der Waals surface area contributed by atoms with Gasteiger partial charge in [-0.25, -0.2) is 0 Å². The Balaban J connectivity index is 2.77. The van der Waals surface area contributed by atoms with E-state index < -0.39 is 0 Å². The third-order valence-corrected chi connectivity index (χ3v) is 2.10. The largest absolute Gasteiger partial charge is 0.373 e. The van der Waals surface area contributed by atoms with E-state index >= 15 is 0 Å². The zero-order valence-electron chi connectivity index (χ0n) is 8.45. The highest BCUT2D eigenvalue weighted by Gasteiger charge is 2.12. The minimum Gasteiger partial charge on any atom is -0.373 e. The van der Waals surface area contributed by atoms with Gasteiger partial charge in [-0.05, 0) is 25.0 Å². The Morgan fingerprint density at radius 3 is 2.93 bits per heavy atom. The molecule has 4 heteroatoms. The summed E-state index contributed by atoms with van der Waals surface area (Å²) in [5.41, 5.74) is 7.14. The summed E-state index contributed by atoms with van der Waals surface area (Å²) in [5.74, 6) is -0.330. The summed E-state index contributed by atoms with van der Waals surface area (Å²) in [4.78, 5) is 15.0. The minimum atomic E-state index is -0.330. The van der Waals surface area contributed by atoms with E-state index in [0.29, 0.717) is 6.42 Å². The maximum Gasteiger partial charge on any atom is 0.239 e. The lowest BCUT2D eigenvalue weighted by Crippen LogP contribution is -2.34. The molecule has 0 aromatic carbocycles. The Labute approximate surface area is 83.5 Å². The number of pyridine rings is 1. The van der Waals surface area contributed by atoms with Crippen LogP contribution in [0.15, 0.2) is 18.5 Å². The van der Waals surface area contributed by atoms with Gasteiger partial charge < -0.3 is 11.1 Å². The third kappa shape index (κ3) is 2.45. The van der Waals surface area contributed by atoms with E-state index in [4.69, 9.17) is 5.73 Å². The molecule has 1 heterocycles. The molecule has 0 bridgehead atoms. The lowest BCUT2D eigenvalue weighted by Gasteiger charge is -2.15. The molecule has 1 aromatic heterocycles. The standard InChI is InChI=1S/C10H15N3O/c1-3-8(10(11)14)13-9-4-5-12-6-7(9)2/h4-6,8H,3H2,1-2H3,(H2,11,14)(H,12,13). The van der Waals surface area contributed by atoms with E-state index in [2.05, 4.69) is 10.3 Å². The van der Waals surface area contributed by atoms with Crippen LogP contribution in [0.3, 0.4) is 0 Å². The molecule has 0 saturated carbocycles. The SMILES string of the molecule is CCC(Nc1ccncc1C)C(N)=O. The molecule has 14 heavy (non-hydrogen) atoms. The van der Waals surface area contributed by atoms with Crippen molar-refractivity contribution >= 4 is 11.6 Å². The number of rotatable bonds is 4. The number of aromatic nitrogens is 1. The highest BCUT2D eigenvalue weighted by molar-refractivity contribution is 5.83. The molecule has 0 aliphatic rings. The van der Waals surface area contributed by atoms with Gasteiger partial charge in [0.05, 0.1) is 0 Å². The first-order valence-corrected chi connectivity index (χ1v) is 4.61. The zero-order valence-corrected chi connectivity index (χ0v) is 8.45. The molecule has 1 aromatic rings. The van der Waals surface area contributed by atoms with E-state index in [1.165, 1.54) is 0 Å². The summed E-state index contributed by atoms with van der Waals surface area (Å²) in [6.07, 6.45) is 4.11. The zero-order chi connectivity index (χ0) is 10.6. The number of anilines is 1. The summed E-state index contributed by atoms with van der Waals surface area (Å²) in [5, 5.41) is 3.08. The first-order chi connectivity index (χ1) is 6.65. The Hall–Kier alpha value is -1.58. The van der Waals surface area contributed by atoms with E-state index in [1.807, 2.05) is 19.9 Å². The molecule has 76 valence electrons. The van der Waals surface area contributed by atoms with Crippen molar-refractivity contribution in [1.29, 1.82) is 0 Å². The fraction of sp³-hybridized carbons (Fsp3) is 0.400. The van der Waals surface area contributed by atoms with Crippen LogP contribution in [0.25, 0.3) is 0 Å². The quantitative estimate of drug-likeness (QED) is 0.751. The topological polar surface area (TPSA) is 68.0 Å². The smallest absolute Gasteiger partial charge is 0.239 e. The van der Waals surface area contributed by atoms with Crippen molar-refractivity contribution in [3.8, 4) is 0 Å². The van der Waals surface area contributed by atoms with Crippen molar-refractivity contribution in [2.45, 2.75) is 26.3 Å². The average Bonchev–Trinajstić information content (AvgIpc) is 2.16. The first-order valence-electron chi connectivity index (χ1n) is 4.61. The van der Waals surface area contributed by atoms with Crippen LogP contribution < -0.4 is 11.1 Å². The monoisotopic (exact) mass is 193 g/mol. The van der Waals surface area contributed by atoms with Crippen LogP contribution in [0.1, 0.15) is 18.9 Å². The van der Waals surface area contributed by atoms with Crippen LogP contribution in [0.2, 0.25) is 0 Å². The summed E-state index contributed by atoms with van der Waals surface area (Å²) >= 11 is 0. The van der Waals surface area contributed by atoms with Crippen molar-refractivity contribution in [3.05, 3.63) is 24.0 Å². The van der Waals surface area contributed by atoms with E-state index in [-0.39, 0.29) is 11.9 Å². The Morgan fingerprint density at radius 2 is 2.43 bits per heavy atom. The number of primary amides is 1. The van der Waals surface area contributed by atoms with Gasteiger partial charge >= 0.3 is 0 Å². The van der Waals surface area contributed by atoms with Crippen LogP contribution in [-0.4, -0.2) is 16.9 Å². The van der Waals surface area contributed by atoms with Gasteiger partial charge in [0.15, 0.2) is 0 Å². The van der Waals surface area contributed by atoms with Crippen molar-refractivity contribution < 1.29 is 4.79 Å². The second-order valence-corrected chi connectivity index (χ2v) is 3.20. The Bertz CT molecular complexity index is 325. The number of carbonyl (C=O) groups is 1. The molecule has 0 fully saturated rings. The first kappa shape index (κ1) is 10.5. The summed E-state index contributed by atoms with van der Waals surface area (Å²) in [7, 11) is 0. The van der Waals surface area contributed by atoms with Gasteiger partial charge in [0, 0.05) is 18.1 Å². The molecule has 1 atom stereocenters. The Morgan fingerprint density at radius 1 is 1.71 bits per heavy atom. The van der Waals surface area contributed by atoms with Crippen molar-refractivity contribution in [1.82, 2.24) is 4.98 Å². The van der Waals surface area contributed by atoms with E-state index in [9.17, 15) is 4.79 Å². The van der Waals surface area contributed by atoms with Crippen molar-refractivity contribution in [3.63, 3.8) is 0 Å². The molecule has 0 aliphatic heterocycles. The number of nitrogens with two attached hydrogens (primary N) is 1. The van der Waals surface area contributed by atoms with Crippen molar-refractivity contribution in [2.24, 2.45) is 5.73 Å². The fourth-order valence-electron chi connectivity index (χ4n) is 1.20. The van der Waals surface area contributed by atoms with Crippen LogP contribution in [-0.2, 0) is 4.79 Å². The summed E-state index contributed by atoms with van der Waals surface area (Å²) < 4.78 is 0. The summed E-state index contributed by atoms with van der Waals surface area (Å²) in [6, 6.07) is 1.53. The maximum absolute atomic E-state index is 11.0. The highest BCUT2D eigenvalue weighted by atomic mass is 16.1. The van der Waals surface area contributed by atoms with Gasteiger partial charge in [0.2, 0.25) is 5.91 Å². The van der Waals surface area contributed by atoms with E-state index in [1.54, 1.807) is 12.4 Å². The van der Waals surface area contributed by atoms with Gasteiger partial charge in [-0.2, -0.15) is 0 Å². The summed E-state index contributed by atoms with van der Waals surface area (Å²) in [6.45, 7) is 3.85. The molecule has 1 unspecified atom stereocenters. The van der Waals surface area contributed by atoms with Crippen LogP contribution in [0.5, 0.6) is 0 Å². The lowest BCUT2D eigenvalue weighted by molar-refractivity contribution is -0.118. The predicted molar refractivity (Wildman–Crippen MR) is 55.9 cm³/mol. The number of hydrogen-bond acceptors (Lipinski definition) is 3. The third-order valence-electron chi connectivity index (χ3n) is 2.10.